The number of carbonyl (C=O) groups is 2. The summed E-state index contributed by atoms with van der Waals surface area (Å²) in [5.74, 6) is 0.0304. The van der Waals surface area contributed by atoms with Crippen LogP contribution in [-0.4, -0.2) is 23.9 Å². The molecular formula is C16H19BrN2O2. The highest BCUT2D eigenvalue weighted by molar-refractivity contribution is 9.10. The Morgan fingerprint density at radius 2 is 1.90 bits per heavy atom. The van der Waals surface area contributed by atoms with Crippen molar-refractivity contribution in [1.29, 1.82) is 0 Å². The SMILES string of the molecule is Cc1cc(Br)cc(N2CCC(=O)NC3(CCCC3)C2=O)c1. The molecular weight excluding hydrogens is 332 g/mol. The third-order valence-corrected chi connectivity index (χ3v) is 4.85. The van der Waals surface area contributed by atoms with Gasteiger partial charge in [0, 0.05) is 23.1 Å². The van der Waals surface area contributed by atoms with E-state index in [1.54, 1.807) is 4.90 Å². The molecule has 5 heteroatoms. The van der Waals surface area contributed by atoms with Crippen LogP contribution in [0.4, 0.5) is 5.69 Å². The smallest absolute Gasteiger partial charge is 0.252 e. The first-order valence-corrected chi connectivity index (χ1v) is 8.20. The van der Waals surface area contributed by atoms with E-state index in [1.807, 2.05) is 25.1 Å². The Balaban J connectivity index is 2.00. The van der Waals surface area contributed by atoms with Gasteiger partial charge >= 0.3 is 0 Å². The average Bonchev–Trinajstić information content (AvgIpc) is 2.82. The second-order valence-electron chi connectivity index (χ2n) is 6.03. The Kier molecular flexibility index (Phi) is 3.78. The van der Waals surface area contributed by atoms with Crippen molar-refractivity contribution in [1.82, 2.24) is 5.32 Å². The lowest BCUT2D eigenvalue weighted by atomic mass is 9.95. The summed E-state index contributed by atoms with van der Waals surface area (Å²) in [6, 6.07) is 5.96. The van der Waals surface area contributed by atoms with E-state index in [0.717, 1.165) is 41.4 Å². The van der Waals surface area contributed by atoms with Crippen LogP contribution in [0, 0.1) is 6.92 Å². The standard InChI is InChI=1S/C16H19BrN2O2/c1-11-8-12(17)10-13(9-11)19-7-4-14(20)18-16(15(19)21)5-2-3-6-16/h8-10H,2-7H2,1H3,(H,18,20). The van der Waals surface area contributed by atoms with Crippen molar-refractivity contribution in [2.24, 2.45) is 0 Å². The highest BCUT2D eigenvalue weighted by Crippen LogP contribution is 2.35. The number of halogens is 1. The lowest BCUT2D eigenvalue weighted by Crippen LogP contribution is -2.55. The number of aryl methyl sites for hydroxylation is 1. The predicted octanol–water partition coefficient (Wildman–Crippen LogP) is 2.92. The number of nitrogens with zero attached hydrogens (tertiary/aromatic N) is 1. The molecule has 1 N–H and O–H groups in total. The van der Waals surface area contributed by atoms with Crippen LogP contribution in [0.1, 0.15) is 37.7 Å². The van der Waals surface area contributed by atoms with Crippen LogP contribution in [0.3, 0.4) is 0 Å². The monoisotopic (exact) mass is 350 g/mol. The molecule has 1 aliphatic carbocycles. The first-order valence-electron chi connectivity index (χ1n) is 7.40. The van der Waals surface area contributed by atoms with Crippen LogP contribution in [0.5, 0.6) is 0 Å². The summed E-state index contributed by atoms with van der Waals surface area (Å²) in [6.45, 7) is 2.45. The Bertz CT molecular complexity index is 574. The molecule has 0 radical (unpaired) electrons. The maximum Gasteiger partial charge on any atom is 0.252 e. The number of anilines is 1. The van der Waals surface area contributed by atoms with Crippen molar-refractivity contribution >= 4 is 33.4 Å². The number of hydrogen-bond donors (Lipinski definition) is 1. The molecule has 0 unspecified atom stereocenters. The van der Waals surface area contributed by atoms with E-state index in [1.165, 1.54) is 0 Å². The van der Waals surface area contributed by atoms with Crippen LogP contribution in [0.25, 0.3) is 0 Å². The van der Waals surface area contributed by atoms with Crippen molar-refractivity contribution in [3.05, 3.63) is 28.2 Å². The van der Waals surface area contributed by atoms with Crippen LogP contribution in [0.2, 0.25) is 0 Å². The molecule has 2 amide bonds. The number of nitrogens with one attached hydrogen (secondary N) is 1. The zero-order chi connectivity index (χ0) is 15.0. The minimum Gasteiger partial charge on any atom is -0.342 e. The van der Waals surface area contributed by atoms with Crippen LogP contribution < -0.4 is 10.2 Å². The van der Waals surface area contributed by atoms with E-state index < -0.39 is 5.54 Å². The van der Waals surface area contributed by atoms with Crippen molar-refractivity contribution in [3.63, 3.8) is 0 Å². The normalized spacial score (nSPS) is 21.5. The molecule has 1 aliphatic heterocycles. The van der Waals surface area contributed by atoms with E-state index in [4.69, 9.17) is 0 Å². The molecule has 21 heavy (non-hydrogen) atoms. The van der Waals surface area contributed by atoms with Gasteiger partial charge in [-0.1, -0.05) is 28.8 Å². The maximum absolute atomic E-state index is 13.0. The molecule has 1 saturated heterocycles. The van der Waals surface area contributed by atoms with Gasteiger partial charge in [0.1, 0.15) is 5.54 Å². The Morgan fingerprint density at radius 3 is 2.57 bits per heavy atom. The summed E-state index contributed by atoms with van der Waals surface area (Å²) < 4.78 is 0.953. The molecule has 1 heterocycles. The molecule has 1 aromatic carbocycles. The Labute approximate surface area is 133 Å². The molecule has 0 bridgehead atoms. The third-order valence-electron chi connectivity index (χ3n) is 4.39. The molecule has 0 atom stereocenters. The number of hydrogen-bond acceptors (Lipinski definition) is 2. The number of carbonyl (C=O) groups excluding carboxylic acids is 2. The lowest BCUT2D eigenvalue weighted by Gasteiger charge is -2.32. The van der Waals surface area contributed by atoms with Crippen molar-refractivity contribution in [3.8, 4) is 0 Å². The van der Waals surface area contributed by atoms with E-state index in [-0.39, 0.29) is 11.8 Å². The van der Waals surface area contributed by atoms with Gasteiger partial charge in [-0.3, -0.25) is 9.59 Å². The summed E-state index contributed by atoms with van der Waals surface area (Å²) in [7, 11) is 0. The van der Waals surface area contributed by atoms with E-state index in [9.17, 15) is 9.59 Å². The fourth-order valence-corrected chi connectivity index (χ4v) is 3.99. The van der Waals surface area contributed by atoms with Gasteiger partial charge in [-0.05, 0) is 43.5 Å². The highest BCUT2D eigenvalue weighted by Gasteiger charge is 2.46. The summed E-state index contributed by atoms with van der Waals surface area (Å²) in [5.41, 5.74) is 1.29. The van der Waals surface area contributed by atoms with Gasteiger partial charge in [0.2, 0.25) is 5.91 Å². The molecule has 1 spiro atoms. The largest absolute Gasteiger partial charge is 0.342 e. The zero-order valence-electron chi connectivity index (χ0n) is 12.1. The second-order valence-corrected chi connectivity index (χ2v) is 6.95. The number of benzene rings is 1. The Morgan fingerprint density at radius 1 is 1.19 bits per heavy atom. The van der Waals surface area contributed by atoms with Crippen molar-refractivity contribution in [2.75, 3.05) is 11.4 Å². The molecule has 0 aromatic heterocycles. The molecule has 2 fully saturated rings. The fraction of sp³-hybridized carbons (Fsp3) is 0.500. The fourth-order valence-electron chi connectivity index (χ4n) is 3.39. The van der Waals surface area contributed by atoms with Gasteiger partial charge in [-0.2, -0.15) is 0 Å². The highest BCUT2D eigenvalue weighted by atomic mass is 79.9. The van der Waals surface area contributed by atoms with Crippen LogP contribution in [0.15, 0.2) is 22.7 Å². The molecule has 2 aliphatic rings. The minimum absolute atomic E-state index is 0.0144. The predicted molar refractivity (Wildman–Crippen MR) is 85.2 cm³/mol. The van der Waals surface area contributed by atoms with Gasteiger partial charge in [0.05, 0.1) is 0 Å². The number of amides is 2. The molecule has 4 nitrogen and oxygen atoms in total. The minimum atomic E-state index is -0.677. The van der Waals surface area contributed by atoms with Gasteiger partial charge in [-0.15, -0.1) is 0 Å². The van der Waals surface area contributed by atoms with Crippen molar-refractivity contribution in [2.45, 2.75) is 44.6 Å². The van der Waals surface area contributed by atoms with E-state index in [2.05, 4.69) is 21.2 Å². The Hall–Kier alpha value is -1.36. The zero-order valence-corrected chi connectivity index (χ0v) is 13.7. The van der Waals surface area contributed by atoms with Crippen LogP contribution in [-0.2, 0) is 9.59 Å². The van der Waals surface area contributed by atoms with Gasteiger partial charge in [-0.25, -0.2) is 0 Å². The topological polar surface area (TPSA) is 49.4 Å². The summed E-state index contributed by atoms with van der Waals surface area (Å²) in [4.78, 5) is 26.8. The van der Waals surface area contributed by atoms with Gasteiger partial charge in [0.25, 0.3) is 5.91 Å². The summed E-state index contributed by atoms with van der Waals surface area (Å²) in [5, 5.41) is 2.99. The summed E-state index contributed by atoms with van der Waals surface area (Å²) >= 11 is 3.49. The quantitative estimate of drug-likeness (QED) is 0.846. The lowest BCUT2D eigenvalue weighted by molar-refractivity contribution is -0.129. The first-order chi connectivity index (χ1) is 10.00. The maximum atomic E-state index is 13.0. The third kappa shape index (κ3) is 2.71. The first kappa shape index (κ1) is 14.6. The van der Waals surface area contributed by atoms with Crippen molar-refractivity contribution < 1.29 is 9.59 Å². The van der Waals surface area contributed by atoms with Crippen LogP contribution >= 0.6 is 15.9 Å². The van der Waals surface area contributed by atoms with E-state index >= 15 is 0 Å². The summed E-state index contributed by atoms with van der Waals surface area (Å²) in [6.07, 6.45) is 3.86. The van der Waals surface area contributed by atoms with Gasteiger partial charge in [0.15, 0.2) is 0 Å². The second kappa shape index (κ2) is 5.44. The average molecular weight is 351 g/mol. The molecule has 1 saturated carbocycles. The van der Waals surface area contributed by atoms with Gasteiger partial charge < -0.3 is 10.2 Å². The van der Waals surface area contributed by atoms with E-state index in [0.29, 0.717) is 13.0 Å². The molecule has 112 valence electrons. The molecule has 1 aromatic rings. The number of rotatable bonds is 1. The molecule has 3 rings (SSSR count).